The molecule has 2 heterocycles. The van der Waals surface area contributed by atoms with Crippen LogP contribution in [0.4, 0.5) is 19.0 Å². The van der Waals surface area contributed by atoms with E-state index >= 15 is 0 Å². The minimum absolute atomic E-state index is 0.0104. The molecule has 202 valence electrons. The zero-order chi connectivity index (χ0) is 26.9. The Labute approximate surface area is 220 Å². The Morgan fingerprint density at radius 1 is 1.08 bits per heavy atom. The number of amides is 2. The van der Waals surface area contributed by atoms with Crippen LogP contribution in [0.3, 0.4) is 0 Å². The van der Waals surface area contributed by atoms with Gasteiger partial charge in [-0.3, -0.25) is 9.59 Å². The molecule has 0 radical (unpaired) electrons. The van der Waals surface area contributed by atoms with Gasteiger partial charge in [-0.05, 0) is 85.3 Å². The second-order valence-corrected chi connectivity index (χ2v) is 13.1. The van der Waals surface area contributed by atoms with Gasteiger partial charge in [0.1, 0.15) is 12.1 Å². The molecule has 4 saturated carbocycles. The molecule has 4 aliphatic carbocycles. The molecule has 0 spiro atoms. The third-order valence-electron chi connectivity index (χ3n) is 9.27. The quantitative estimate of drug-likeness (QED) is 0.529. The van der Waals surface area contributed by atoms with Gasteiger partial charge in [0, 0.05) is 24.1 Å². The summed E-state index contributed by atoms with van der Waals surface area (Å²) in [7, 11) is 0. The fourth-order valence-electron chi connectivity index (χ4n) is 9.04. The van der Waals surface area contributed by atoms with E-state index in [0.29, 0.717) is 47.6 Å². The lowest BCUT2D eigenvalue weighted by atomic mass is 9.40. The molecule has 1 N–H and O–H groups in total. The number of carbonyl (C=O) groups excluding carboxylic acids is 2. The number of nitrogens with zero attached hydrogens (tertiary/aromatic N) is 3. The number of aromatic nitrogens is 2. The molecule has 1 aromatic heterocycles. The lowest BCUT2D eigenvalue weighted by molar-refractivity contribution is -0.153. The van der Waals surface area contributed by atoms with Crippen LogP contribution in [0.15, 0.2) is 30.6 Å². The standard InChI is InChI=1S/C29H33F3N4O2/c1-26-9-18-10-27(2,14-26)16-28(11-18,15-26)12-23(37)35-24-21-6-7-36(13-22(21)33-17-34-24)25(38)19-4-3-5-20(8-19)29(30,31)32/h3-5,8,17-18H,6-7,9-16H2,1-2H3,(H,33,34,35,37). The molecule has 0 saturated heterocycles. The van der Waals surface area contributed by atoms with E-state index in [9.17, 15) is 22.8 Å². The minimum Gasteiger partial charge on any atom is -0.332 e. The second kappa shape index (κ2) is 8.52. The summed E-state index contributed by atoms with van der Waals surface area (Å²) in [5.41, 5.74) is 1.25. The Hall–Kier alpha value is -2.97. The largest absolute Gasteiger partial charge is 0.416 e. The lowest BCUT2D eigenvalue weighted by Crippen LogP contribution is -2.55. The van der Waals surface area contributed by atoms with Crippen LogP contribution in [0.5, 0.6) is 0 Å². The first kappa shape index (κ1) is 25.3. The van der Waals surface area contributed by atoms with Gasteiger partial charge < -0.3 is 10.2 Å². The summed E-state index contributed by atoms with van der Waals surface area (Å²) >= 11 is 0. The number of carbonyl (C=O) groups is 2. The van der Waals surface area contributed by atoms with Crippen molar-refractivity contribution in [3.63, 3.8) is 0 Å². The van der Waals surface area contributed by atoms with Crippen molar-refractivity contribution in [3.05, 3.63) is 53.0 Å². The van der Waals surface area contributed by atoms with Crippen LogP contribution in [0.1, 0.15) is 86.0 Å². The highest BCUT2D eigenvalue weighted by Gasteiger charge is 2.60. The highest BCUT2D eigenvalue weighted by atomic mass is 19.4. The molecular weight excluding hydrogens is 493 g/mol. The molecule has 1 aliphatic heterocycles. The summed E-state index contributed by atoms with van der Waals surface area (Å²) in [4.78, 5) is 36.5. The predicted molar refractivity (Wildman–Crippen MR) is 135 cm³/mol. The summed E-state index contributed by atoms with van der Waals surface area (Å²) in [5, 5.41) is 3.05. The SMILES string of the molecule is CC12CC3CC(C)(C1)CC(CC(=O)Nc1ncnc4c1CCN(C(=O)c1cccc(C(F)(F)F)c1)C4)(C3)C2. The molecule has 5 aliphatic rings. The summed E-state index contributed by atoms with van der Waals surface area (Å²) in [6.45, 7) is 5.25. The van der Waals surface area contributed by atoms with Crippen molar-refractivity contribution < 1.29 is 22.8 Å². The van der Waals surface area contributed by atoms with E-state index in [1.165, 1.54) is 42.6 Å². The number of hydrogen-bond donors (Lipinski definition) is 1. The first-order valence-corrected chi connectivity index (χ1v) is 13.4. The zero-order valence-corrected chi connectivity index (χ0v) is 21.8. The molecule has 2 atom stereocenters. The summed E-state index contributed by atoms with van der Waals surface area (Å²) < 4.78 is 39.4. The summed E-state index contributed by atoms with van der Waals surface area (Å²) in [6, 6.07) is 4.47. The normalized spacial score (nSPS) is 31.7. The predicted octanol–water partition coefficient (Wildman–Crippen LogP) is 6.02. The van der Waals surface area contributed by atoms with Gasteiger partial charge in [0.2, 0.25) is 5.91 Å². The molecule has 2 aromatic rings. The third-order valence-corrected chi connectivity index (χ3v) is 9.27. The van der Waals surface area contributed by atoms with Gasteiger partial charge in [-0.25, -0.2) is 9.97 Å². The Balaban J connectivity index is 1.15. The number of benzene rings is 1. The molecule has 4 fully saturated rings. The van der Waals surface area contributed by atoms with E-state index in [1.54, 1.807) is 0 Å². The first-order valence-electron chi connectivity index (χ1n) is 13.4. The van der Waals surface area contributed by atoms with Gasteiger partial charge in [-0.2, -0.15) is 13.2 Å². The average molecular weight is 527 g/mol. The van der Waals surface area contributed by atoms with Gasteiger partial charge in [0.15, 0.2) is 0 Å². The Morgan fingerprint density at radius 2 is 1.82 bits per heavy atom. The number of hydrogen-bond acceptors (Lipinski definition) is 4. The van der Waals surface area contributed by atoms with Gasteiger partial charge in [0.25, 0.3) is 5.91 Å². The molecule has 38 heavy (non-hydrogen) atoms. The van der Waals surface area contributed by atoms with E-state index in [-0.39, 0.29) is 23.4 Å². The first-order chi connectivity index (χ1) is 17.8. The van der Waals surface area contributed by atoms with Crippen LogP contribution in [-0.2, 0) is 23.9 Å². The maximum atomic E-state index is 13.3. The van der Waals surface area contributed by atoms with Crippen LogP contribution >= 0.6 is 0 Å². The highest BCUT2D eigenvalue weighted by Crippen LogP contribution is 2.70. The number of nitrogens with one attached hydrogen (secondary N) is 1. The van der Waals surface area contributed by atoms with E-state index in [0.717, 1.165) is 37.0 Å². The zero-order valence-electron chi connectivity index (χ0n) is 21.8. The fourth-order valence-corrected chi connectivity index (χ4v) is 9.04. The Kier molecular flexibility index (Phi) is 5.67. The Morgan fingerprint density at radius 3 is 2.50 bits per heavy atom. The van der Waals surface area contributed by atoms with Gasteiger partial charge in [0.05, 0.1) is 17.8 Å². The van der Waals surface area contributed by atoms with E-state index in [1.807, 2.05) is 0 Å². The third kappa shape index (κ3) is 4.58. The summed E-state index contributed by atoms with van der Waals surface area (Å²) in [6.07, 6.45) is 4.92. The lowest BCUT2D eigenvalue weighted by Gasteiger charge is -2.65. The van der Waals surface area contributed by atoms with E-state index in [2.05, 4.69) is 29.1 Å². The molecule has 2 unspecified atom stereocenters. The van der Waals surface area contributed by atoms with Crippen molar-refractivity contribution in [2.75, 3.05) is 11.9 Å². The van der Waals surface area contributed by atoms with E-state index in [4.69, 9.17) is 0 Å². The molecule has 2 amide bonds. The van der Waals surface area contributed by atoms with Crippen molar-refractivity contribution in [2.24, 2.45) is 22.2 Å². The number of alkyl halides is 3. The topological polar surface area (TPSA) is 75.2 Å². The number of fused-ring (bicyclic) bond motifs is 1. The summed E-state index contributed by atoms with van der Waals surface area (Å²) in [5.74, 6) is 0.687. The van der Waals surface area contributed by atoms with Crippen molar-refractivity contribution >= 4 is 17.6 Å². The van der Waals surface area contributed by atoms with Crippen LogP contribution in [-0.4, -0.2) is 33.2 Å². The van der Waals surface area contributed by atoms with Gasteiger partial charge >= 0.3 is 6.18 Å². The van der Waals surface area contributed by atoms with Crippen LogP contribution < -0.4 is 5.32 Å². The number of halogens is 3. The second-order valence-electron chi connectivity index (χ2n) is 13.1. The molecule has 6 nitrogen and oxygen atoms in total. The molecule has 1 aromatic carbocycles. The molecule has 9 heteroatoms. The van der Waals surface area contributed by atoms with Crippen LogP contribution in [0, 0.1) is 22.2 Å². The maximum Gasteiger partial charge on any atom is 0.416 e. The van der Waals surface area contributed by atoms with E-state index < -0.39 is 17.6 Å². The fraction of sp³-hybridized carbons (Fsp3) is 0.586. The molecule has 7 rings (SSSR count). The number of anilines is 1. The van der Waals surface area contributed by atoms with Gasteiger partial charge in [-0.15, -0.1) is 0 Å². The monoisotopic (exact) mass is 526 g/mol. The highest BCUT2D eigenvalue weighted by molar-refractivity contribution is 5.95. The van der Waals surface area contributed by atoms with Crippen molar-refractivity contribution in [1.82, 2.24) is 14.9 Å². The number of rotatable bonds is 4. The van der Waals surface area contributed by atoms with Crippen molar-refractivity contribution in [1.29, 1.82) is 0 Å². The molecular formula is C29H33F3N4O2. The smallest absolute Gasteiger partial charge is 0.332 e. The average Bonchev–Trinajstić information content (AvgIpc) is 2.80. The minimum atomic E-state index is -4.52. The van der Waals surface area contributed by atoms with Crippen molar-refractivity contribution in [3.8, 4) is 0 Å². The van der Waals surface area contributed by atoms with Gasteiger partial charge in [-0.1, -0.05) is 19.9 Å². The Bertz CT molecular complexity index is 1290. The van der Waals surface area contributed by atoms with Crippen LogP contribution in [0.2, 0.25) is 0 Å². The van der Waals surface area contributed by atoms with Crippen LogP contribution in [0.25, 0.3) is 0 Å². The maximum absolute atomic E-state index is 13.3. The van der Waals surface area contributed by atoms with Crippen molar-refractivity contribution in [2.45, 2.75) is 77.9 Å². The molecule has 4 bridgehead atoms.